The minimum Gasteiger partial charge on any atom is -0.330 e. The fourth-order valence-corrected chi connectivity index (χ4v) is 1.43. The molecule has 1 aromatic rings. The van der Waals surface area contributed by atoms with Gasteiger partial charge in [-0.3, -0.25) is 4.79 Å². The molecule has 0 fully saturated rings. The molecule has 88 valence electrons. The quantitative estimate of drug-likeness (QED) is 0.663. The van der Waals surface area contributed by atoms with Gasteiger partial charge in [0.05, 0.1) is 0 Å². The van der Waals surface area contributed by atoms with Crippen molar-refractivity contribution in [2.24, 2.45) is 5.73 Å². The highest BCUT2D eigenvalue weighted by Gasteiger charge is 2.01. The van der Waals surface area contributed by atoms with Gasteiger partial charge in [0.1, 0.15) is 0 Å². The van der Waals surface area contributed by atoms with Gasteiger partial charge in [0.25, 0.3) is 0 Å². The number of likely N-dealkylation sites (N-methyl/N-ethyl adjacent to an activating group) is 1. The number of benzene rings is 1. The van der Waals surface area contributed by atoms with E-state index in [0.29, 0.717) is 13.0 Å². The Morgan fingerprint density at radius 3 is 2.94 bits per heavy atom. The Hall–Kier alpha value is -1.39. The van der Waals surface area contributed by atoms with E-state index in [1.807, 2.05) is 25.2 Å². The molecule has 0 saturated heterocycles. The van der Waals surface area contributed by atoms with E-state index in [4.69, 9.17) is 5.73 Å². The van der Waals surface area contributed by atoms with Crippen molar-refractivity contribution < 1.29 is 4.79 Å². The van der Waals surface area contributed by atoms with E-state index in [1.165, 1.54) is 5.56 Å². The predicted molar refractivity (Wildman–Crippen MR) is 66.4 cm³/mol. The maximum Gasteiger partial charge on any atom is 0.225 e. The second kappa shape index (κ2) is 6.98. The number of nitrogens with one attached hydrogen (secondary N) is 2. The second-order valence-corrected chi connectivity index (χ2v) is 3.64. The molecule has 16 heavy (non-hydrogen) atoms. The molecule has 0 aliphatic carbocycles. The molecule has 0 bridgehead atoms. The zero-order valence-electron chi connectivity index (χ0n) is 9.62. The van der Waals surface area contributed by atoms with Gasteiger partial charge in [-0.25, -0.2) is 0 Å². The molecular weight excluding hydrogens is 202 g/mol. The second-order valence-electron chi connectivity index (χ2n) is 3.64. The van der Waals surface area contributed by atoms with E-state index in [1.54, 1.807) is 0 Å². The number of rotatable bonds is 6. The Labute approximate surface area is 96.2 Å². The fourth-order valence-electron chi connectivity index (χ4n) is 1.43. The first kappa shape index (κ1) is 12.7. The smallest absolute Gasteiger partial charge is 0.225 e. The summed E-state index contributed by atoms with van der Waals surface area (Å²) in [7, 11) is 1.92. The van der Waals surface area contributed by atoms with E-state index in [9.17, 15) is 4.79 Å². The summed E-state index contributed by atoms with van der Waals surface area (Å²) in [5.41, 5.74) is 7.36. The molecule has 4 nitrogen and oxygen atoms in total. The maximum atomic E-state index is 11.3. The molecule has 4 N–H and O–H groups in total. The third-order valence-corrected chi connectivity index (χ3v) is 2.25. The van der Waals surface area contributed by atoms with Crippen LogP contribution in [0.1, 0.15) is 12.0 Å². The summed E-state index contributed by atoms with van der Waals surface area (Å²) in [5.74, 6) is -0.0340. The number of carbonyl (C=O) groups excluding carboxylic acids is 1. The van der Waals surface area contributed by atoms with Gasteiger partial charge in [-0.2, -0.15) is 0 Å². The average Bonchev–Trinajstić information content (AvgIpc) is 2.27. The van der Waals surface area contributed by atoms with Crippen molar-refractivity contribution in [3.8, 4) is 0 Å². The summed E-state index contributed by atoms with van der Waals surface area (Å²) in [6.45, 7) is 1.31. The van der Waals surface area contributed by atoms with E-state index >= 15 is 0 Å². The summed E-state index contributed by atoms with van der Waals surface area (Å²) in [4.78, 5) is 11.3. The molecule has 0 aliphatic rings. The third kappa shape index (κ3) is 4.42. The topological polar surface area (TPSA) is 67.1 Å². The Morgan fingerprint density at radius 1 is 1.44 bits per heavy atom. The summed E-state index contributed by atoms with van der Waals surface area (Å²) in [6.07, 6.45) is 1.32. The minimum absolute atomic E-state index is 0.0340. The molecule has 0 saturated carbocycles. The van der Waals surface area contributed by atoms with Gasteiger partial charge in [-0.05, 0) is 37.7 Å². The lowest BCUT2D eigenvalue weighted by molar-refractivity contribution is -0.116. The number of anilines is 1. The van der Waals surface area contributed by atoms with E-state index in [0.717, 1.165) is 18.7 Å². The third-order valence-electron chi connectivity index (χ3n) is 2.25. The summed E-state index contributed by atoms with van der Waals surface area (Å²) >= 11 is 0. The first-order valence-electron chi connectivity index (χ1n) is 5.49. The average molecular weight is 221 g/mol. The van der Waals surface area contributed by atoms with Crippen LogP contribution in [0.15, 0.2) is 24.3 Å². The molecule has 1 aromatic carbocycles. The highest BCUT2D eigenvalue weighted by molar-refractivity contribution is 5.90. The maximum absolute atomic E-state index is 11.3. The van der Waals surface area contributed by atoms with Gasteiger partial charge in [-0.15, -0.1) is 0 Å². The van der Waals surface area contributed by atoms with E-state index in [2.05, 4.69) is 16.7 Å². The van der Waals surface area contributed by atoms with Crippen LogP contribution >= 0.6 is 0 Å². The molecule has 4 heteroatoms. The SMILES string of the molecule is CNCCc1cccc(NC(=O)CCN)c1. The molecule has 0 radical (unpaired) electrons. The number of hydrogen-bond acceptors (Lipinski definition) is 3. The Bertz CT molecular complexity index is 339. The molecule has 0 unspecified atom stereocenters. The minimum atomic E-state index is -0.0340. The Kier molecular flexibility index (Phi) is 5.53. The van der Waals surface area contributed by atoms with Crippen LogP contribution in [0.25, 0.3) is 0 Å². The van der Waals surface area contributed by atoms with Crippen molar-refractivity contribution in [3.63, 3.8) is 0 Å². The largest absolute Gasteiger partial charge is 0.330 e. The van der Waals surface area contributed by atoms with Gasteiger partial charge in [0, 0.05) is 18.7 Å². The van der Waals surface area contributed by atoms with Crippen molar-refractivity contribution >= 4 is 11.6 Å². The molecule has 1 rings (SSSR count). The van der Waals surface area contributed by atoms with Gasteiger partial charge in [0.15, 0.2) is 0 Å². The van der Waals surface area contributed by atoms with Crippen LogP contribution in [-0.2, 0) is 11.2 Å². The van der Waals surface area contributed by atoms with Crippen LogP contribution in [0.3, 0.4) is 0 Å². The Morgan fingerprint density at radius 2 is 2.25 bits per heavy atom. The van der Waals surface area contributed by atoms with E-state index in [-0.39, 0.29) is 5.91 Å². The lowest BCUT2D eigenvalue weighted by Crippen LogP contribution is -2.16. The van der Waals surface area contributed by atoms with Crippen molar-refractivity contribution in [1.29, 1.82) is 0 Å². The van der Waals surface area contributed by atoms with Crippen LogP contribution in [0.4, 0.5) is 5.69 Å². The highest BCUT2D eigenvalue weighted by atomic mass is 16.1. The highest BCUT2D eigenvalue weighted by Crippen LogP contribution is 2.11. The van der Waals surface area contributed by atoms with Crippen LogP contribution < -0.4 is 16.4 Å². The molecule has 0 atom stereocenters. The first-order valence-corrected chi connectivity index (χ1v) is 5.49. The van der Waals surface area contributed by atoms with Gasteiger partial charge in [-0.1, -0.05) is 12.1 Å². The number of amides is 1. The standard InChI is InChI=1S/C12H19N3O/c1-14-8-6-10-3-2-4-11(9-10)15-12(16)5-7-13/h2-4,9,14H,5-8,13H2,1H3,(H,15,16). The number of hydrogen-bond donors (Lipinski definition) is 3. The van der Waals surface area contributed by atoms with Crippen molar-refractivity contribution in [2.45, 2.75) is 12.8 Å². The zero-order chi connectivity index (χ0) is 11.8. The van der Waals surface area contributed by atoms with Crippen LogP contribution in [0.2, 0.25) is 0 Å². The van der Waals surface area contributed by atoms with Gasteiger partial charge >= 0.3 is 0 Å². The molecule has 0 aliphatic heterocycles. The van der Waals surface area contributed by atoms with Crippen molar-refractivity contribution in [2.75, 3.05) is 25.5 Å². The van der Waals surface area contributed by atoms with Crippen molar-refractivity contribution in [3.05, 3.63) is 29.8 Å². The van der Waals surface area contributed by atoms with Gasteiger partial charge < -0.3 is 16.4 Å². The fraction of sp³-hybridized carbons (Fsp3) is 0.417. The molecule has 0 aromatic heterocycles. The molecule has 1 amide bonds. The summed E-state index contributed by atoms with van der Waals surface area (Å²) in [5, 5.41) is 5.91. The van der Waals surface area contributed by atoms with Crippen LogP contribution in [-0.4, -0.2) is 26.0 Å². The lowest BCUT2D eigenvalue weighted by Gasteiger charge is -2.06. The van der Waals surface area contributed by atoms with E-state index < -0.39 is 0 Å². The molecule has 0 spiro atoms. The zero-order valence-corrected chi connectivity index (χ0v) is 9.62. The van der Waals surface area contributed by atoms with Crippen LogP contribution in [0, 0.1) is 0 Å². The Balaban J connectivity index is 2.56. The predicted octanol–water partition coefficient (Wildman–Crippen LogP) is 0.736. The van der Waals surface area contributed by atoms with Gasteiger partial charge in [0.2, 0.25) is 5.91 Å². The van der Waals surface area contributed by atoms with Crippen molar-refractivity contribution in [1.82, 2.24) is 5.32 Å². The monoisotopic (exact) mass is 221 g/mol. The molecule has 0 heterocycles. The summed E-state index contributed by atoms with van der Waals surface area (Å²) < 4.78 is 0. The normalized spacial score (nSPS) is 10.1. The summed E-state index contributed by atoms with van der Waals surface area (Å²) in [6, 6.07) is 7.88. The number of nitrogens with two attached hydrogens (primary N) is 1. The molecular formula is C12H19N3O. The lowest BCUT2D eigenvalue weighted by atomic mass is 10.1. The van der Waals surface area contributed by atoms with Crippen LogP contribution in [0.5, 0.6) is 0 Å². The first-order chi connectivity index (χ1) is 7.76. The number of carbonyl (C=O) groups is 1.